The molecule has 0 amide bonds. The van der Waals surface area contributed by atoms with Crippen LogP contribution in [0.4, 0.5) is 0 Å². The van der Waals surface area contributed by atoms with E-state index in [1.807, 2.05) is 12.1 Å². The van der Waals surface area contributed by atoms with Crippen molar-refractivity contribution in [1.82, 2.24) is 4.90 Å². The molecule has 5 heteroatoms. The number of hydrogen-bond donors (Lipinski definition) is 2. The van der Waals surface area contributed by atoms with Crippen LogP contribution in [-0.4, -0.2) is 54.4 Å². The first-order valence-corrected chi connectivity index (χ1v) is 8.41. The summed E-state index contributed by atoms with van der Waals surface area (Å²) in [6, 6.07) is 8.59. The van der Waals surface area contributed by atoms with Gasteiger partial charge >= 0.3 is 7.12 Å². The van der Waals surface area contributed by atoms with E-state index in [-0.39, 0.29) is 5.41 Å². The number of fused-ring (bicyclic) bond motifs is 1. The molecular formula is C17H24BNO3. The van der Waals surface area contributed by atoms with Gasteiger partial charge in [0.2, 0.25) is 0 Å². The molecule has 1 aromatic carbocycles. The SMILES string of the molecule is CC1C2CN(C3CCOCC3)C[C@]12c1ccc(B(O)O)cc1. The van der Waals surface area contributed by atoms with Crippen molar-refractivity contribution in [2.24, 2.45) is 11.8 Å². The number of ether oxygens (including phenoxy) is 1. The predicted molar refractivity (Wildman–Crippen MR) is 86.0 cm³/mol. The summed E-state index contributed by atoms with van der Waals surface area (Å²) >= 11 is 0. The average molecular weight is 301 g/mol. The summed E-state index contributed by atoms with van der Waals surface area (Å²) < 4.78 is 5.49. The highest BCUT2D eigenvalue weighted by Gasteiger charge is 2.67. The molecule has 2 saturated heterocycles. The van der Waals surface area contributed by atoms with Crippen LogP contribution in [0, 0.1) is 11.8 Å². The Morgan fingerprint density at radius 3 is 2.50 bits per heavy atom. The van der Waals surface area contributed by atoms with Crippen molar-refractivity contribution in [2.75, 3.05) is 26.3 Å². The Morgan fingerprint density at radius 1 is 1.18 bits per heavy atom. The third-order valence-electron chi connectivity index (χ3n) is 6.32. The Hall–Kier alpha value is -0.875. The lowest BCUT2D eigenvalue weighted by molar-refractivity contribution is 0.0363. The van der Waals surface area contributed by atoms with Crippen LogP contribution in [0.3, 0.4) is 0 Å². The molecule has 3 aliphatic rings. The highest BCUT2D eigenvalue weighted by Crippen LogP contribution is 2.64. The van der Waals surface area contributed by atoms with Crippen molar-refractivity contribution in [3.63, 3.8) is 0 Å². The zero-order valence-corrected chi connectivity index (χ0v) is 13.1. The molecule has 118 valence electrons. The maximum absolute atomic E-state index is 9.25. The van der Waals surface area contributed by atoms with E-state index in [1.165, 1.54) is 12.1 Å². The molecule has 0 spiro atoms. The van der Waals surface area contributed by atoms with Gasteiger partial charge in [-0.15, -0.1) is 0 Å². The van der Waals surface area contributed by atoms with Crippen LogP contribution in [0.1, 0.15) is 25.3 Å². The summed E-state index contributed by atoms with van der Waals surface area (Å²) in [7, 11) is -1.37. The van der Waals surface area contributed by atoms with Gasteiger partial charge in [-0.2, -0.15) is 0 Å². The molecule has 1 aliphatic carbocycles. The van der Waals surface area contributed by atoms with Crippen LogP contribution in [-0.2, 0) is 10.2 Å². The molecule has 0 radical (unpaired) electrons. The van der Waals surface area contributed by atoms with E-state index in [4.69, 9.17) is 4.74 Å². The number of piperidine rings is 1. The summed E-state index contributed by atoms with van der Waals surface area (Å²) in [5.41, 5.74) is 2.23. The van der Waals surface area contributed by atoms with E-state index in [1.54, 1.807) is 0 Å². The molecule has 2 unspecified atom stereocenters. The molecule has 4 rings (SSSR count). The highest BCUT2D eigenvalue weighted by atomic mass is 16.5. The van der Waals surface area contributed by atoms with E-state index in [0.29, 0.717) is 11.5 Å². The fraction of sp³-hybridized carbons (Fsp3) is 0.647. The zero-order valence-electron chi connectivity index (χ0n) is 13.1. The number of likely N-dealkylation sites (tertiary alicyclic amines) is 1. The van der Waals surface area contributed by atoms with Gasteiger partial charge in [0.05, 0.1) is 0 Å². The molecule has 2 heterocycles. The smallest absolute Gasteiger partial charge is 0.423 e. The monoisotopic (exact) mass is 301 g/mol. The van der Waals surface area contributed by atoms with E-state index < -0.39 is 7.12 Å². The van der Waals surface area contributed by atoms with Crippen molar-refractivity contribution >= 4 is 12.6 Å². The summed E-state index contributed by atoms with van der Waals surface area (Å²) in [4.78, 5) is 2.67. The van der Waals surface area contributed by atoms with Crippen molar-refractivity contribution in [3.05, 3.63) is 29.8 Å². The van der Waals surface area contributed by atoms with Gasteiger partial charge in [-0.1, -0.05) is 31.2 Å². The Morgan fingerprint density at radius 2 is 1.86 bits per heavy atom. The second-order valence-corrected chi connectivity index (χ2v) is 7.20. The summed E-state index contributed by atoms with van der Waals surface area (Å²) in [5.74, 6) is 1.48. The normalized spacial score (nSPS) is 35.4. The molecule has 1 aromatic rings. The molecule has 3 atom stereocenters. The maximum atomic E-state index is 9.25. The van der Waals surface area contributed by atoms with E-state index >= 15 is 0 Å². The van der Waals surface area contributed by atoms with Crippen molar-refractivity contribution in [2.45, 2.75) is 31.2 Å². The minimum atomic E-state index is -1.37. The van der Waals surface area contributed by atoms with Crippen LogP contribution < -0.4 is 5.46 Å². The minimum absolute atomic E-state index is 0.289. The van der Waals surface area contributed by atoms with Crippen molar-refractivity contribution in [1.29, 1.82) is 0 Å². The number of benzene rings is 1. The lowest BCUT2D eigenvalue weighted by Crippen LogP contribution is -2.41. The van der Waals surface area contributed by atoms with Gasteiger partial charge in [0.1, 0.15) is 0 Å². The van der Waals surface area contributed by atoms with Gasteiger partial charge < -0.3 is 14.8 Å². The zero-order chi connectivity index (χ0) is 15.3. The lowest BCUT2D eigenvalue weighted by atomic mass is 9.79. The maximum Gasteiger partial charge on any atom is 0.488 e. The quantitative estimate of drug-likeness (QED) is 0.792. The van der Waals surface area contributed by atoms with E-state index in [9.17, 15) is 10.0 Å². The second-order valence-electron chi connectivity index (χ2n) is 7.20. The summed E-state index contributed by atoms with van der Waals surface area (Å²) in [6.45, 7) is 6.51. The molecule has 0 aromatic heterocycles. The standard InChI is InChI=1S/C17H24BNO3/c1-12-16-10-19(15-6-8-22-9-7-15)11-17(12,16)13-2-4-14(5-3-13)18(20)21/h2-5,12,15-16,20-21H,6-11H2,1H3/t12?,16?,17-/m1/s1. The largest absolute Gasteiger partial charge is 0.488 e. The van der Waals surface area contributed by atoms with Crippen molar-refractivity contribution < 1.29 is 14.8 Å². The molecule has 2 aliphatic heterocycles. The third kappa shape index (κ3) is 2.14. The summed E-state index contributed by atoms with van der Waals surface area (Å²) in [5, 5.41) is 18.5. The first kappa shape index (κ1) is 14.7. The summed E-state index contributed by atoms with van der Waals surface area (Å²) in [6.07, 6.45) is 2.32. The molecule has 1 saturated carbocycles. The minimum Gasteiger partial charge on any atom is -0.423 e. The molecule has 4 nitrogen and oxygen atoms in total. The van der Waals surface area contributed by atoms with E-state index in [2.05, 4.69) is 24.0 Å². The third-order valence-corrected chi connectivity index (χ3v) is 6.32. The van der Waals surface area contributed by atoms with Gasteiger partial charge in [-0.3, -0.25) is 4.90 Å². The first-order chi connectivity index (χ1) is 10.6. The average Bonchev–Trinajstić information content (AvgIpc) is 2.94. The molecule has 22 heavy (non-hydrogen) atoms. The molecular weight excluding hydrogens is 277 g/mol. The van der Waals surface area contributed by atoms with Crippen LogP contribution in [0.25, 0.3) is 0 Å². The second kappa shape index (κ2) is 5.34. The Labute approximate surface area is 132 Å². The Bertz CT molecular complexity index is 543. The van der Waals surface area contributed by atoms with Crippen LogP contribution in [0.2, 0.25) is 0 Å². The molecule has 2 N–H and O–H groups in total. The fourth-order valence-corrected chi connectivity index (χ4v) is 4.82. The molecule has 0 bridgehead atoms. The van der Waals surface area contributed by atoms with Gasteiger partial charge in [-0.25, -0.2) is 0 Å². The number of nitrogens with zero attached hydrogens (tertiary/aromatic N) is 1. The number of hydrogen-bond acceptors (Lipinski definition) is 4. The van der Waals surface area contributed by atoms with Gasteiger partial charge in [-0.05, 0) is 35.7 Å². The van der Waals surface area contributed by atoms with Crippen LogP contribution in [0.5, 0.6) is 0 Å². The molecule has 3 fully saturated rings. The van der Waals surface area contributed by atoms with E-state index in [0.717, 1.165) is 44.4 Å². The van der Waals surface area contributed by atoms with Crippen LogP contribution >= 0.6 is 0 Å². The predicted octanol–water partition coefficient (Wildman–Crippen LogP) is 0.365. The number of rotatable bonds is 3. The Kier molecular flexibility index (Phi) is 3.57. The topological polar surface area (TPSA) is 52.9 Å². The van der Waals surface area contributed by atoms with Crippen LogP contribution in [0.15, 0.2) is 24.3 Å². The first-order valence-electron chi connectivity index (χ1n) is 8.41. The van der Waals surface area contributed by atoms with Crippen molar-refractivity contribution in [3.8, 4) is 0 Å². The lowest BCUT2D eigenvalue weighted by Gasteiger charge is -2.34. The Balaban J connectivity index is 1.53. The van der Waals surface area contributed by atoms with Gasteiger partial charge in [0.15, 0.2) is 0 Å². The van der Waals surface area contributed by atoms with Gasteiger partial charge in [0, 0.05) is 37.8 Å². The highest BCUT2D eigenvalue weighted by molar-refractivity contribution is 6.58. The fourth-order valence-electron chi connectivity index (χ4n) is 4.82. The van der Waals surface area contributed by atoms with Gasteiger partial charge in [0.25, 0.3) is 0 Å².